The Morgan fingerprint density at radius 2 is 2.15 bits per heavy atom. The second-order valence-corrected chi connectivity index (χ2v) is 5.31. The minimum absolute atomic E-state index is 0.0476. The number of nitriles is 1. The maximum absolute atomic E-state index is 9.65. The van der Waals surface area contributed by atoms with Crippen molar-refractivity contribution < 1.29 is 9.84 Å². The van der Waals surface area contributed by atoms with Crippen LogP contribution in [0.25, 0.3) is 0 Å². The van der Waals surface area contributed by atoms with E-state index in [1.54, 1.807) is 12.1 Å². The van der Waals surface area contributed by atoms with E-state index in [-0.39, 0.29) is 12.1 Å². The second-order valence-electron chi connectivity index (χ2n) is 5.31. The molecule has 20 heavy (non-hydrogen) atoms. The van der Waals surface area contributed by atoms with Crippen LogP contribution in [0, 0.1) is 11.3 Å². The summed E-state index contributed by atoms with van der Waals surface area (Å²) in [7, 11) is 0. The summed E-state index contributed by atoms with van der Waals surface area (Å²) >= 11 is 0. The summed E-state index contributed by atoms with van der Waals surface area (Å²) in [6, 6.07) is 9.25. The number of aliphatic hydroxyl groups excluding tert-OH is 1. The number of rotatable bonds is 6. The minimum Gasteiger partial charge on any atom is -0.492 e. The van der Waals surface area contributed by atoms with Gasteiger partial charge in [0.05, 0.1) is 18.2 Å². The van der Waals surface area contributed by atoms with Crippen molar-refractivity contribution in [2.45, 2.75) is 31.7 Å². The van der Waals surface area contributed by atoms with E-state index in [0.717, 1.165) is 38.1 Å². The van der Waals surface area contributed by atoms with Crippen molar-refractivity contribution in [2.24, 2.45) is 0 Å². The molecule has 0 bridgehead atoms. The predicted octanol–water partition coefficient (Wildman–Crippen LogP) is 2.17. The molecule has 1 heterocycles. The number of aliphatic hydroxyl groups is 1. The summed E-state index contributed by atoms with van der Waals surface area (Å²) in [6.45, 7) is 4.82. The average Bonchev–Trinajstić information content (AvgIpc) is 2.91. The Kier molecular flexibility index (Phi) is 4.99. The van der Waals surface area contributed by atoms with Crippen molar-refractivity contribution in [3.05, 3.63) is 29.8 Å². The molecule has 1 aromatic carbocycles. The van der Waals surface area contributed by atoms with Gasteiger partial charge >= 0.3 is 0 Å². The molecule has 2 rings (SSSR count). The summed E-state index contributed by atoms with van der Waals surface area (Å²) in [5, 5.41) is 18.4. The van der Waals surface area contributed by atoms with Crippen LogP contribution in [0.4, 0.5) is 0 Å². The van der Waals surface area contributed by atoms with E-state index in [2.05, 4.69) is 17.9 Å². The van der Waals surface area contributed by atoms with Gasteiger partial charge in [-0.05, 0) is 50.1 Å². The fourth-order valence-corrected chi connectivity index (χ4v) is 2.93. The van der Waals surface area contributed by atoms with E-state index >= 15 is 0 Å². The van der Waals surface area contributed by atoms with Gasteiger partial charge in [0.1, 0.15) is 12.4 Å². The van der Waals surface area contributed by atoms with Crippen LogP contribution < -0.4 is 4.74 Å². The summed E-state index contributed by atoms with van der Waals surface area (Å²) in [6.07, 6.45) is 3.18. The third kappa shape index (κ3) is 3.12. The molecule has 0 spiro atoms. The number of likely N-dealkylation sites (tertiary alicyclic amines) is 1. The molecule has 0 radical (unpaired) electrons. The molecule has 0 saturated carbocycles. The highest BCUT2D eigenvalue weighted by atomic mass is 16.5. The molecule has 1 atom stereocenters. The lowest BCUT2D eigenvalue weighted by Gasteiger charge is -2.36. The smallest absolute Gasteiger partial charge is 0.119 e. The number of hydrogen-bond acceptors (Lipinski definition) is 4. The molecule has 0 amide bonds. The van der Waals surface area contributed by atoms with Gasteiger partial charge in [0.2, 0.25) is 0 Å². The van der Waals surface area contributed by atoms with Gasteiger partial charge in [-0.25, -0.2) is 0 Å². The SMILES string of the molecule is CC[C@]1(CO)CCCN1CCOc1ccc(C#N)cc1. The number of ether oxygens (including phenoxy) is 1. The van der Waals surface area contributed by atoms with Crippen molar-refractivity contribution in [1.29, 1.82) is 5.26 Å². The first-order chi connectivity index (χ1) is 9.74. The van der Waals surface area contributed by atoms with E-state index < -0.39 is 0 Å². The number of benzene rings is 1. The van der Waals surface area contributed by atoms with Gasteiger partial charge in [0.15, 0.2) is 0 Å². The van der Waals surface area contributed by atoms with Gasteiger partial charge in [0.25, 0.3) is 0 Å². The van der Waals surface area contributed by atoms with Crippen LogP contribution in [0.5, 0.6) is 5.75 Å². The zero-order chi connectivity index (χ0) is 14.4. The lowest BCUT2D eigenvalue weighted by Crippen LogP contribution is -2.48. The van der Waals surface area contributed by atoms with E-state index in [9.17, 15) is 5.11 Å². The monoisotopic (exact) mass is 274 g/mol. The first-order valence-electron chi connectivity index (χ1n) is 7.23. The zero-order valence-electron chi connectivity index (χ0n) is 12.0. The van der Waals surface area contributed by atoms with E-state index in [0.29, 0.717) is 12.2 Å². The first kappa shape index (κ1) is 14.8. The van der Waals surface area contributed by atoms with Gasteiger partial charge in [-0.3, -0.25) is 4.90 Å². The number of nitrogens with zero attached hydrogens (tertiary/aromatic N) is 2. The molecule has 1 aromatic rings. The molecule has 1 aliphatic heterocycles. The average molecular weight is 274 g/mol. The van der Waals surface area contributed by atoms with Crippen molar-refractivity contribution in [3.8, 4) is 11.8 Å². The Morgan fingerprint density at radius 1 is 1.40 bits per heavy atom. The van der Waals surface area contributed by atoms with Crippen molar-refractivity contribution in [1.82, 2.24) is 4.90 Å². The molecule has 0 aromatic heterocycles. The Hall–Kier alpha value is -1.57. The van der Waals surface area contributed by atoms with E-state index in [1.165, 1.54) is 0 Å². The highest BCUT2D eigenvalue weighted by Gasteiger charge is 2.38. The van der Waals surface area contributed by atoms with Crippen molar-refractivity contribution in [2.75, 3.05) is 26.3 Å². The van der Waals surface area contributed by atoms with Gasteiger partial charge in [0, 0.05) is 12.1 Å². The van der Waals surface area contributed by atoms with E-state index in [1.807, 2.05) is 12.1 Å². The van der Waals surface area contributed by atoms with Crippen LogP contribution in [-0.2, 0) is 0 Å². The van der Waals surface area contributed by atoms with Crippen LogP contribution >= 0.6 is 0 Å². The Balaban J connectivity index is 1.84. The molecular formula is C16H22N2O2. The fourth-order valence-electron chi connectivity index (χ4n) is 2.93. The summed E-state index contributed by atoms with van der Waals surface area (Å²) < 4.78 is 5.72. The van der Waals surface area contributed by atoms with Crippen LogP contribution in [0.1, 0.15) is 31.7 Å². The molecule has 0 unspecified atom stereocenters. The van der Waals surface area contributed by atoms with Crippen LogP contribution in [0.2, 0.25) is 0 Å². The lowest BCUT2D eigenvalue weighted by molar-refractivity contribution is 0.0508. The standard InChI is InChI=1S/C16H22N2O2/c1-2-16(13-19)8-3-9-18(16)10-11-20-15-6-4-14(12-17)5-7-15/h4-7,19H,2-3,8-11,13H2,1H3/t16-/m1/s1. The summed E-state index contributed by atoms with van der Waals surface area (Å²) in [5.41, 5.74) is 0.593. The van der Waals surface area contributed by atoms with E-state index in [4.69, 9.17) is 10.00 Å². The third-order valence-electron chi connectivity index (χ3n) is 4.31. The molecule has 4 heteroatoms. The van der Waals surface area contributed by atoms with Gasteiger partial charge in [-0.15, -0.1) is 0 Å². The molecule has 1 fully saturated rings. The number of hydrogen-bond donors (Lipinski definition) is 1. The summed E-state index contributed by atoms with van der Waals surface area (Å²) in [4.78, 5) is 2.34. The third-order valence-corrected chi connectivity index (χ3v) is 4.31. The Labute approximate surface area is 120 Å². The Morgan fingerprint density at radius 3 is 2.75 bits per heavy atom. The second kappa shape index (κ2) is 6.74. The quantitative estimate of drug-likeness (QED) is 0.864. The largest absolute Gasteiger partial charge is 0.492 e. The van der Waals surface area contributed by atoms with Gasteiger partial charge in [-0.1, -0.05) is 6.92 Å². The molecular weight excluding hydrogens is 252 g/mol. The normalized spacial score (nSPS) is 22.6. The van der Waals surface area contributed by atoms with Crippen molar-refractivity contribution in [3.63, 3.8) is 0 Å². The highest BCUT2D eigenvalue weighted by molar-refractivity contribution is 5.34. The Bertz CT molecular complexity index is 460. The van der Waals surface area contributed by atoms with Gasteiger partial charge < -0.3 is 9.84 Å². The topological polar surface area (TPSA) is 56.5 Å². The van der Waals surface area contributed by atoms with Gasteiger partial charge in [-0.2, -0.15) is 5.26 Å². The summed E-state index contributed by atoms with van der Waals surface area (Å²) in [5.74, 6) is 0.786. The minimum atomic E-state index is -0.0476. The van der Waals surface area contributed by atoms with Crippen LogP contribution in [0.3, 0.4) is 0 Å². The molecule has 1 N–H and O–H groups in total. The molecule has 108 valence electrons. The lowest BCUT2D eigenvalue weighted by atomic mass is 9.94. The maximum atomic E-state index is 9.65. The van der Waals surface area contributed by atoms with Crippen LogP contribution in [-0.4, -0.2) is 41.8 Å². The molecule has 1 saturated heterocycles. The highest BCUT2D eigenvalue weighted by Crippen LogP contribution is 2.31. The van der Waals surface area contributed by atoms with Crippen molar-refractivity contribution >= 4 is 0 Å². The zero-order valence-corrected chi connectivity index (χ0v) is 12.0. The molecule has 0 aliphatic carbocycles. The van der Waals surface area contributed by atoms with Crippen LogP contribution in [0.15, 0.2) is 24.3 Å². The first-order valence-corrected chi connectivity index (χ1v) is 7.23. The fraction of sp³-hybridized carbons (Fsp3) is 0.562. The molecule has 4 nitrogen and oxygen atoms in total. The maximum Gasteiger partial charge on any atom is 0.119 e. The predicted molar refractivity (Wildman–Crippen MR) is 77.6 cm³/mol. The molecule has 1 aliphatic rings.